The van der Waals surface area contributed by atoms with E-state index in [2.05, 4.69) is 5.32 Å². The van der Waals surface area contributed by atoms with Gasteiger partial charge in [0, 0.05) is 11.0 Å². The van der Waals surface area contributed by atoms with E-state index in [1.165, 1.54) is 11.0 Å². The van der Waals surface area contributed by atoms with Crippen LogP contribution in [0.1, 0.15) is 12.0 Å². The molecule has 0 spiro atoms. The Labute approximate surface area is 151 Å². The van der Waals surface area contributed by atoms with Gasteiger partial charge in [0.15, 0.2) is 0 Å². The molecule has 2 aromatic carbocycles. The van der Waals surface area contributed by atoms with Gasteiger partial charge in [0.05, 0.1) is 18.7 Å². The summed E-state index contributed by atoms with van der Waals surface area (Å²) >= 11 is 1.67. The molecular weight excluding hydrogens is 336 g/mol. The zero-order valence-corrected chi connectivity index (χ0v) is 14.7. The Morgan fingerprint density at radius 1 is 1.16 bits per heavy atom. The summed E-state index contributed by atoms with van der Waals surface area (Å²) in [6.45, 7) is 0.167. The Morgan fingerprint density at radius 3 is 2.56 bits per heavy atom. The Balaban J connectivity index is 1.97. The highest BCUT2D eigenvalue weighted by molar-refractivity contribution is 7.98. The van der Waals surface area contributed by atoms with Crippen molar-refractivity contribution >= 4 is 35.3 Å². The molecule has 6 heteroatoms. The lowest BCUT2D eigenvalue weighted by atomic mass is 10.2. The van der Waals surface area contributed by atoms with E-state index >= 15 is 0 Å². The molecule has 0 atom stereocenters. The van der Waals surface area contributed by atoms with Crippen LogP contribution in [0.4, 0.5) is 5.69 Å². The van der Waals surface area contributed by atoms with Crippen LogP contribution in [-0.2, 0) is 9.59 Å². The molecule has 0 unspecified atom stereocenters. The molecule has 0 heterocycles. The zero-order valence-electron chi connectivity index (χ0n) is 13.9. The van der Waals surface area contributed by atoms with Crippen LogP contribution in [0.5, 0.6) is 5.75 Å². The molecule has 0 fully saturated rings. The third kappa shape index (κ3) is 6.35. The largest absolute Gasteiger partial charge is 0.491 e. The molecule has 0 aliphatic rings. The SMILES string of the molecule is CSc1ccc(C=CC(=O)Nc2ccccc2OCCC(N)=O)cc1. The quantitative estimate of drug-likeness (QED) is 0.562. The molecule has 25 heavy (non-hydrogen) atoms. The van der Waals surface area contributed by atoms with Crippen molar-refractivity contribution in [1.29, 1.82) is 0 Å². The number of para-hydroxylation sites is 2. The molecule has 0 saturated heterocycles. The Kier molecular flexibility index (Phi) is 7.10. The summed E-state index contributed by atoms with van der Waals surface area (Å²) in [7, 11) is 0. The van der Waals surface area contributed by atoms with Crippen molar-refractivity contribution in [2.75, 3.05) is 18.2 Å². The molecule has 5 nitrogen and oxygen atoms in total. The molecule has 0 aromatic heterocycles. The molecule has 130 valence electrons. The fourth-order valence-corrected chi connectivity index (χ4v) is 2.43. The Morgan fingerprint density at radius 2 is 1.88 bits per heavy atom. The summed E-state index contributed by atoms with van der Waals surface area (Å²) in [5.41, 5.74) is 6.57. The van der Waals surface area contributed by atoms with E-state index < -0.39 is 5.91 Å². The number of rotatable bonds is 8. The lowest BCUT2D eigenvalue weighted by Gasteiger charge is -2.10. The van der Waals surface area contributed by atoms with E-state index in [0.717, 1.165) is 5.56 Å². The molecule has 2 rings (SSSR count). The molecule has 3 N–H and O–H groups in total. The predicted molar refractivity (Wildman–Crippen MR) is 102 cm³/mol. The second kappa shape index (κ2) is 9.54. The minimum Gasteiger partial charge on any atom is -0.491 e. The normalized spacial score (nSPS) is 10.6. The highest BCUT2D eigenvalue weighted by atomic mass is 32.2. The maximum Gasteiger partial charge on any atom is 0.248 e. The van der Waals surface area contributed by atoms with Gasteiger partial charge < -0.3 is 15.8 Å². The lowest BCUT2D eigenvalue weighted by Crippen LogP contribution is -2.15. The smallest absolute Gasteiger partial charge is 0.248 e. The van der Waals surface area contributed by atoms with Crippen LogP contribution >= 0.6 is 11.8 Å². The Hall–Kier alpha value is -2.73. The van der Waals surface area contributed by atoms with Crippen molar-refractivity contribution in [3.63, 3.8) is 0 Å². The average molecular weight is 356 g/mol. The van der Waals surface area contributed by atoms with Crippen molar-refractivity contribution in [2.24, 2.45) is 5.73 Å². The summed E-state index contributed by atoms with van der Waals surface area (Å²) in [5.74, 6) is -0.202. The lowest BCUT2D eigenvalue weighted by molar-refractivity contribution is -0.118. The van der Waals surface area contributed by atoms with Gasteiger partial charge >= 0.3 is 0 Å². The van der Waals surface area contributed by atoms with Crippen molar-refractivity contribution in [3.8, 4) is 5.75 Å². The minimum absolute atomic E-state index is 0.119. The van der Waals surface area contributed by atoms with E-state index in [0.29, 0.717) is 11.4 Å². The van der Waals surface area contributed by atoms with E-state index in [1.54, 1.807) is 42.1 Å². The first-order valence-electron chi connectivity index (χ1n) is 7.72. The molecule has 2 amide bonds. The summed E-state index contributed by atoms with van der Waals surface area (Å²) in [5, 5.41) is 2.77. The van der Waals surface area contributed by atoms with Crippen LogP contribution in [0, 0.1) is 0 Å². The first-order valence-corrected chi connectivity index (χ1v) is 8.94. The number of nitrogens with one attached hydrogen (secondary N) is 1. The summed E-state index contributed by atoms with van der Waals surface area (Å²) < 4.78 is 5.50. The number of ether oxygens (including phenoxy) is 1. The molecular formula is C19H20N2O3S. The zero-order chi connectivity index (χ0) is 18.1. The van der Waals surface area contributed by atoms with Crippen LogP contribution in [-0.4, -0.2) is 24.7 Å². The fraction of sp³-hybridized carbons (Fsp3) is 0.158. The highest BCUT2D eigenvalue weighted by Crippen LogP contribution is 2.24. The number of primary amides is 1. The monoisotopic (exact) mass is 356 g/mol. The number of nitrogens with two attached hydrogens (primary N) is 1. The van der Waals surface area contributed by atoms with E-state index in [1.807, 2.05) is 30.5 Å². The van der Waals surface area contributed by atoms with Crippen LogP contribution in [0.15, 0.2) is 59.5 Å². The van der Waals surface area contributed by atoms with Gasteiger partial charge in [0.2, 0.25) is 11.8 Å². The van der Waals surface area contributed by atoms with Gasteiger partial charge in [0.1, 0.15) is 5.75 Å². The average Bonchev–Trinajstić information content (AvgIpc) is 2.61. The topological polar surface area (TPSA) is 81.4 Å². The second-order valence-corrected chi connectivity index (χ2v) is 6.04. The number of carbonyl (C=O) groups excluding carboxylic acids is 2. The standard InChI is InChI=1S/C19H20N2O3S/c1-25-15-9-6-14(7-10-15)8-11-19(23)21-16-4-2-3-5-17(16)24-13-12-18(20)22/h2-11H,12-13H2,1H3,(H2,20,22)(H,21,23). The van der Waals surface area contributed by atoms with Gasteiger partial charge in [0.25, 0.3) is 0 Å². The third-order valence-corrected chi connectivity index (χ3v) is 4.04. The van der Waals surface area contributed by atoms with Crippen LogP contribution in [0.25, 0.3) is 6.08 Å². The van der Waals surface area contributed by atoms with E-state index in [4.69, 9.17) is 10.5 Å². The fourth-order valence-electron chi connectivity index (χ4n) is 2.02. The third-order valence-electron chi connectivity index (χ3n) is 3.29. The first kappa shape index (κ1) is 18.6. The highest BCUT2D eigenvalue weighted by Gasteiger charge is 2.06. The maximum absolute atomic E-state index is 12.1. The minimum atomic E-state index is -0.433. The van der Waals surface area contributed by atoms with Crippen molar-refractivity contribution in [2.45, 2.75) is 11.3 Å². The van der Waals surface area contributed by atoms with E-state index in [9.17, 15) is 9.59 Å². The summed E-state index contributed by atoms with van der Waals surface area (Å²) in [4.78, 5) is 24.1. The number of hydrogen-bond donors (Lipinski definition) is 2. The molecule has 0 bridgehead atoms. The summed E-state index contributed by atoms with van der Waals surface area (Å²) in [6.07, 6.45) is 5.35. The number of hydrogen-bond acceptors (Lipinski definition) is 4. The van der Waals surface area contributed by atoms with Gasteiger partial charge in [-0.25, -0.2) is 0 Å². The number of amides is 2. The molecule has 0 aliphatic heterocycles. The van der Waals surface area contributed by atoms with E-state index in [-0.39, 0.29) is 18.9 Å². The van der Waals surface area contributed by atoms with Crippen molar-refractivity contribution in [3.05, 3.63) is 60.2 Å². The molecule has 0 aliphatic carbocycles. The van der Waals surface area contributed by atoms with Gasteiger partial charge in [-0.2, -0.15) is 0 Å². The second-order valence-electron chi connectivity index (χ2n) is 5.16. The molecule has 0 saturated carbocycles. The molecule has 0 radical (unpaired) electrons. The predicted octanol–water partition coefficient (Wildman–Crippen LogP) is 3.31. The van der Waals surface area contributed by atoms with Gasteiger partial charge in [-0.3, -0.25) is 9.59 Å². The van der Waals surface area contributed by atoms with Crippen LogP contribution in [0.2, 0.25) is 0 Å². The number of anilines is 1. The number of carbonyl (C=O) groups is 2. The Bertz CT molecular complexity index is 758. The van der Waals surface area contributed by atoms with Crippen molar-refractivity contribution < 1.29 is 14.3 Å². The summed E-state index contributed by atoms with van der Waals surface area (Å²) in [6, 6.07) is 15.0. The van der Waals surface area contributed by atoms with Crippen LogP contribution < -0.4 is 15.8 Å². The molecule has 2 aromatic rings. The first-order chi connectivity index (χ1) is 12.1. The van der Waals surface area contributed by atoms with Gasteiger partial charge in [-0.05, 0) is 42.2 Å². The maximum atomic E-state index is 12.1. The number of benzene rings is 2. The van der Waals surface area contributed by atoms with Gasteiger partial charge in [-0.15, -0.1) is 11.8 Å². The van der Waals surface area contributed by atoms with Crippen LogP contribution in [0.3, 0.4) is 0 Å². The number of thioether (sulfide) groups is 1. The van der Waals surface area contributed by atoms with Gasteiger partial charge in [-0.1, -0.05) is 24.3 Å². The van der Waals surface area contributed by atoms with Crippen molar-refractivity contribution in [1.82, 2.24) is 0 Å².